The molecule has 0 bridgehead atoms. The molecular weight excluding hydrogens is 204 g/mol. The van der Waals surface area contributed by atoms with Gasteiger partial charge in [-0.05, 0) is 29.7 Å². The summed E-state index contributed by atoms with van der Waals surface area (Å²) in [5.41, 5.74) is 1.97. The largest absolute Gasteiger partial charge is 0.478 e. The summed E-state index contributed by atoms with van der Waals surface area (Å²) in [7, 11) is 0. The molecule has 0 spiro atoms. The van der Waals surface area contributed by atoms with Crippen LogP contribution in [-0.4, -0.2) is 21.0 Å². The lowest BCUT2D eigenvalue weighted by Gasteiger charge is -2.04. The molecule has 2 heterocycles. The van der Waals surface area contributed by atoms with E-state index in [9.17, 15) is 4.79 Å². The zero-order valence-corrected chi connectivity index (χ0v) is 8.50. The second-order valence-electron chi connectivity index (χ2n) is 3.38. The molecule has 0 saturated heterocycles. The van der Waals surface area contributed by atoms with Crippen LogP contribution >= 0.6 is 0 Å². The van der Waals surface area contributed by atoms with Crippen LogP contribution in [0.2, 0.25) is 0 Å². The van der Waals surface area contributed by atoms with Crippen molar-refractivity contribution < 1.29 is 9.90 Å². The van der Waals surface area contributed by atoms with Gasteiger partial charge in [0.05, 0.1) is 5.56 Å². The van der Waals surface area contributed by atoms with Crippen LogP contribution in [-0.2, 0) is 6.42 Å². The summed E-state index contributed by atoms with van der Waals surface area (Å²) in [4.78, 5) is 18.8. The molecule has 2 aromatic rings. The van der Waals surface area contributed by atoms with E-state index in [1.165, 1.54) is 6.20 Å². The van der Waals surface area contributed by atoms with Gasteiger partial charge in [-0.2, -0.15) is 0 Å². The molecule has 0 unspecified atom stereocenters. The lowest BCUT2D eigenvalue weighted by atomic mass is 10.0. The van der Waals surface area contributed by atoms with Gasteiger partial charge >= 0.3 is 5.97 Å². The Bertz CT molecular complexity index is 497. The number of carboxylic acids is 1. The molecule has 0 aromatic carbocycles. The minimum Gasteiger partial charge on any atom is -0.478 e. The molecule has 0 saturated carbocycles. The number of carboxylic acid groups (broad SMARTS) is 1. The summed E-state index contributed by atoms with van der Waals surface area (Å²) < 4.78 is 0. The Labute approximate surface area is 92.6 Å². The highest BCUT2D eigenvalue weighted by Crippen LogP contribution is 2.12. The van der Waals surface area contributed by atoms with Crippen molar-refractivity contribution in [1.82, 2.24) is 9.97 Å². The maximum atomic E-state index is 11.0. The Balaban J connectivity index is 2.31. The van der Waals surface area contributed by atoms with Gasteiger partial charge < -0.3 is 5.11 Å². The molecule has 80 valence electrons. The molecule has 2 rings (SSSR count). The third-order valence-corrected chi connectivity index (χ3v) is 2.26. The van der Waals surface area contributed by atoms with Crippen molar-refractivity contribution in [3.63, 3.8) is 0 Å². The fourth-order valence-electron chi connectivity index (χ4n) is 1.49. The lowest BCUT2D eigenvalue weighted by Crippen LogP contribution is -2.03. The van der Waals surface area contributed by atoms with Gasteiger partial charge in [0, 0.05) is 24.8 Å². The topological polar surface area (TPSA) is 63.1 Å². The number of pyridine rings is 2. The lowest BCUT2D eigenvalue weighted by molar-refractivity contribution is 0.0695. The van der Waals surface area contributed by atoms with Crippen LogP contribution in [0.5, 0.6) is 0 Å². The molecule has 1 N–H and O–H groups in total. The van der Waals surface area contributed by atoms with Crippen LogP contribution < -0.4 is 0 Å². The summed E-state index contributed by atoms with van der Waals surface area (Å²) in [6.45, 7) is 0. The third kappa shape index (κ3) is 2.23. The molecule has 16 heavy (non-hydrogen) atoms. The van der Waals surface area contributed by atoms with E-state index >= 15 is 0 Å². The van der Waals surface area contributed by atoms with E-state index in [-0.39, 0.29) is 5.56 Å². The van der Waals surface area contributed by atoms with Crippen LogP contribution in [0.15, 0.2) is 43.0 Å². The smallest absolute Gasteiger partial charge is 0.337 e. The SMILES string of the molecule is O=C(O)c1cnccc1Cc1cccnc1. The maximum absolute atomic E-state index is 11.0. The van der Waals surface area contributed by atoms with Crippen LogP contribution in [0.1, 0.15) is 21.5 Å². The molecule has 0 fully saturated rings. The molecule has 2 aromatic heterocycles. The fraction of sp³-hybridized carbons (Fsp3) is 0.0833. The van der Waals surface area contributed by atoms with Gasteiger partial charge in [-0.1, -0.05) is 6.07 Å². The van der Waals surface area contributed by atoms with Gasteiger partial charge in [-0.15, -0.1) is 0 Å². The van der Waals surface area contributed by atoms with Crippen molar-refractivity contribution in [3.8, 4) is 0 Å². The average molecular weight is 214 g/mol. The van der Waals surface area contributed by atoms with Crippen molar-refractivity contribution >= 4 is 5.97 Å². The number of hydrogen-bond acceptors (Lipinski definition) is 3. The molecule has 0 aliphatic carbocycles. The number of aromatic nitrogens is 2. The number of nitrogens with zero attached hydrogens (tertiary/aromatic N) is 2. The molecule has 0 aliphatic rings. The summed E-state index contributed by atoms with van der Waals surface area (Å²) >= 11 is 0. The highest BCUT2D eigenvalue weighted by atomic mass is 16.4. The van der Waals surface area contributed by atoms with Gasteiger partial charge in [0.15, 0.2) is 0 Å². The van der Waals surface area contributed by atoms with E-state index < -0.39 is 5.97 Å². The van der Waals surface area contributed by atoms with Crippen molar-refractivity contribution in [2.75, 3.05) is 0 Å². The molecule has 0 atom stereocenters. The van der Waals surface area contributed by atoms with Gasteiger partial charge in [0.1, 0.15) is 0 Å². The summed E-state index contributed by atoms with van der Waals surface area (Å²) in [6.07, 6.45) is 6.93. The minimum atomic E-state index is -0.952. The maximum Gasteiger partial charge on any atom is 0.337 e. The minimum absolute atomic E-state index is 0.242. The molecule has 4 nitrogen and oxygen atoms in total. The Morgan fingerprint density at radius 2 is 2.00 bits per heavy atom. The molecule has 0 amide bonds. The summed E-state index contributed by atoms with van der Waals surface area (Å²) in [5, 5.41) is 8.99. The van der Waals surface area contributed by atoms with E-state index in [2.05, 4.69) is 9.97 Å². The quantitative estimate of drug-likeness (QED) is 0.845. The highest BCUT2D eigenvalue weighted by Gasteiger charge is 2.09. The van der Waals surface area contributed by atoms with Crippen LogP contribution in [0.3, 0.4) is 0 Å². The Kier molecular flexibility index (Phi) is 2.91. The van der Waals surface area contributed by atoms with Gasteiger partial charge in [0.25, 0.3) is 0 Å². The van der Waals surface area contributed by atoms with E-state index in [0.29, 0.717) is 6.42 Å². The first-order chi connectivity index (χ1) is 7.77. The van der Waals surface area contributed by atoms with E-state index in [1.54, 1.807) is 24.7 Å². The number of carbonyl (C=O) groups is 1. The second-order valence-corrected chi connectivity index (χ2v) is 3.38. The van der Waals surface area contributed by atoms with E-state index in [4.69, 9.17) is 5.11 Å². The standard InChI is InChI=1S/C12H10N2O2/c15-12(16)11-8-14-5-3-10(11)6-9-2-1-4-13-7-9/h1-5,7-8H,6H2,(H,15,16). The summed E-state index contributed by atoms with van der Waals surface area (Å²) in [6, 6.07) is 5.46. The first kappa shape index (κ1) is 10.3. The van der Waals surface area contributed by atoms with Crippen molar-refractivity contribution in [3.05, 3.63) is 59.7 Å². The zero-order chi connectivity index (χ0) is 11.4. The Morgan fingerprint density at radius 1 is 1.19 bits per heavy atom. The summed E-state index contributed by atoms with van der Waals surface area (Å²) in [5.74, 6) is -0.952. The Morgan fingerprint density at radius 3 is 2.69 bits per heavy atom. The monoisotopic (exact) mass is 214 g/mol. The number of hydrogen-bond donors (Lipinski definition) is 1. The molecule has 0 radical (unpaired) electrons. The predicted octanol–water partition coefficient (Wildman–Crippen LogP) is 1.77. The number of aromatic carboxylic acids is 1. The van der Waals surface area contributed by atoms with E-state index in [1.807, 2.05) is 12.1 Å². The van der Waals surface area contributed by atoms with E-state index in [0.717, 1.165) is 11.1 Å². The van der Waals surface area contributed by atoms with Crippen LogP contribution in [0.25, 0.3) is 0 Å². The molecule has 0 aliphatic heterocycles. The van der Waals surface area contributed by atoms with Crippen LogP contribution in [0.4, 0.5) is 0 Å². The van der Waals surface area contributed by atoms with Crippen molar-refractivity contribution in [2.45, 2.75) is 6.42 Å². The first-order valence-corrected chi connectivity index (χ1v) is 4.82. The van der Waals surface area contributed by atoms with Gasteiger partial charge in [0.2, 0.25) is 0 Å². The van der Waals surface area contributed by atoms with Crippen LogP contribution in [0, 0.1) is 0 Å². The van der Waals surface area contributed by atoms with Gasteiger partial charge in [-0.25, -0.2) is 4.79 Å². The third-order valence-electron chi connectivity index (χ3n) is 2.26. The Hall–Kier alpha value is -2.23. The first-order valence-electron chi connectivity index (χ1n) is 4.82. The number of rotatable bonds is 3. The molecule has 4 heteroatoms. The zero-order valence-electron chi connectivity index (χ0n) is 8.50. The molecular formula is C12H10N2O2. The van der Waals surface area contributed by atoms with Gasteiger partial charge in [-0.3, -0.25) is 9.97 Å². The predicted molar refractivity (Wildman–Crippen MR) is 58.2 cm³/mol. The van der Waals surface area contributed by atoms with Crippen molar-refractivity contribution in [1.29, 1.82) is 0 Å². The fourth-order valence-corrected chi connectivity index (χ4v) is 1.49. The normalized spacial score (nSPS) is 10.0. The second kappa shape index (κ2) is 4.53. The average Bonchev–Trinajstić information content (AvgIpc) is 2.31. The van der Waals surface area contributed by atoms with Crippen molar-refractivity contribution in [2.24, 2.45) is 0 Å². The highest BCUT2D eigenvalue weighted by molar-refractivity contribution is 5.89.